The first-order chi connectivity index (χ1) is 11.2. The van der Waals surface area contributed by atoms with E-state index in [2.05, 4.69) is 15.2 Å². The van der Waals surface area contributed by atoms with E-state index in [4.69, 9.17) is 9.15 Å². The van der Waals surface area contributed by atoms with Crippen LogP contribution in [0.5, 0.6) is 0 Å². The Hall–Kier alpha value is -2.96. The fraction of sp³-hybridized carbons (Fsp3) is 0.188. The van der Waals surface area contributed by atoms with Crippen LogP contribution < -0.4 is 0 Å². The second-order valence-electron chi connectivity index (χ2n) is 4.65. The molecule has 7 heteroatoms. The van der Waals surface area contributed by atoms with E-state index >= 15 is 0 Å². The summed E-state index contributed by atoms with van der Waals surface area (Å²) in [5.41, 5.74) is 1.50. The maximum absolute atomic E-state index is 11.9. The summed E-state index contributed by atoms with van der Waals surface area (Å²) in [4.78, 5) is 14.1. The van der Waals surface area contributed by atoms with Crippen LogP contribution in [-0.2, 0) is 16.0 Å². The Bertz CT molecular complexity index is 698. The predicted octanol–water partition coefficient (Wildman–Crippen LogP) is 2.99. The van der Waals surface area contributed by atoms with Crippen LogP contribution in [-0.4, -0.2) is 27.8 Å². The lowest BCUT2D eigenvalue weighted by Crippen LogP contribution is -2.10. The summed E-state index contributed by atoms with van der Waals surface area (Å²) < 4.78 is 21.8. The van der Waals surface area contributed by atoms with Crippen molar-refractivity contribution in [2.24, 2.45) is 0 Å². The average Bonchev–Trinajstić information content (AvgIpc) is 3.20. The highest BCUT2D eigenvalue weighted by atomic mass is 19.1. The van der Waals surface area contributed by atoms with Gasteiger partial charge in [0.15, 0.2) is 0 Å². The van der Waals surface area contributed by atoms with Crippen molar-refractivity contribution in [2.45, 2.75) is 19.4 Å². The number of hydrogen-bond acceptors (Lipinski definition) is 5. The van der Waals surface area contributed by atoms with E-state index in [1.165, 1.54) is 18.4 Å². The molecular formula is C16H16FN3O3. The van der Waals surface area contributed by atoms with Crippen LogP contribution in [0.3, 0.4) is 0 Å². The minimum Gasteiger partial charge on any atom is -0.464 e. The Labute approximate surface area is 132 Å². The highest BCUT2D eigenvalue weighted by Gasteiger charge is 2.10. The Balaban J connectivity index is 0.000000229. The maximum Gasteiger partial charge on any atom is 0.293 e. The maximum atomic E-state index is 11.9. The van der Waals surface area contributed by atoms with Gasteiger partial charge in [-0.3, -0.25) is 9.89 Å². The third-order valence-corrected chi connectivity index (χ3v) is 2.81. The molecule has 0 bridgehead atoms. The second kappa shape index (κ2) is 8.47. The summed E-state index contributed by atoms with van der Waals surface area (Å²) in [6.45, 7) is 2.24. The van der Waals surface area contributed by atoms with Crippen molar-refractivity contribution in [3.8, 4) is 11.6 Å². The molecule has 0 saturated heterocycles. The van der Waals surface area contributed by atoms with E-state index in [-0.39, 0.29) is 11.9 Å². The average molecular weight is 317 g/mol. The molecule has 0 radical (unpaired) electrons. The number of nitrogens with one attached hydrogen (secondary N) is 1. The molecule has 0 aliphatic carbocycles. The van der Waals surface area contributed by atoms with Crippen molar-refractivity contribution in [1.29, 1.82) is 0 Å². The molecule has 1 unspecified atom stereocenters. The van der Waals surface area contributed by atoms with Crippen LogP contribution in [0.4, 0.5) is 4.39 Å². The second-order valence-corrected chi connectivity index (χ2v) is 4.65. The molecule has 23 heavy (non-hydrogen) atoms. The summed E-state index contributed by atoms with van der Waals surface area (Å²) in [6, 6.07) is 9.75. The molecule has 2 heterocycles. The lowest BCUT2D eigenvalue weighted by molar-refractivity contribution is -0.132. The smallest absolute Gasteiger partial charge is 0.293 e. The minimum atomic E-state index is -0.196. The molecule has 1 aromatic carbocycles. The van der Waals surface area contributed by atoms with E-state index in [1.54, 1.807) is 31.3 Å². The molecule has 2 aromatic heterocycles. The van der Waals surface area contributed by atoms with E-state index in [0.717, 1.165) is 5.69 Å². The molecule has 120 valence electrons. The van der Waals surface area contributed by atoms with Gasteiger partial charge in [-0.15, -0.1) is 0 Å². The highest BCUT2D eigenvalue weighted by molar-refractivity contribution is 5.46. The van der Waals surface area contributed by atoms with Crippen molar-refractivity contribution in [1.82, 2.24) is 15.2 Å². The molecule has 1 N–H and O–H groups in total. The van der Waals surface area contributed by atoms with Gasteiger partial charge >= 0.3 is 0 Å². The molecule has 3 aromatic rings. The standard InChI is InChI=1S/C10H11N3O3.C6H5F/c1-7(16-6-14)4-8-5-9(13-12-8)10-11-2-3-15-10;7-6-4-2-1-3-5-6/h2-3,5-7H,4H2,1H3,(H,12,13);1-5H. The molecular weight excluding hydrogens is 301 g/mol. The largest absolute Gasteiger partial charge is 0.464 e. The van der Waals surface area contributed by atoms with Gasteiger partial charge in [-0.1, -0.05) is 18.2 Å². The van der Waals surface area contributed by atoms with Crippen molar-refractivity contribution >= 4 is 6.47 Å². The van der Waals surface area contributed by atoms with E-state index < -0.39 is 0 Å². The SMILES string of the molecule is CC(Cc1cc(-c2ncco2)[nH]n1)OC=O.Fc1ccccc1. The van der Waals surface area contributed by atoms with Gasteiger partial charge < -0.3 is 9.15 Å². The number of ether oxygens (including phenoxy) is 1. The van der Waals surface area contributed by atoms with Crippen molar-refractivity contribution in [3.63, 3.8) is 0 Å². The fourth-order valence-corrected chi connectivity index (χ4v) is 1.79. The molecule has 3 rings (SSSR count). The molecule has 0 fully saturated rings. The number of halogens is 1. The number of rotatable bonds is 5. The monoisotopic (exact) mass is 317 g/mol. The molecule has 0 aliphatic heterocycles. The number of oxazole rings is 1. The van der Waals surface area contributed by atoms with E-state index in [0.29, 0.717) is 24.5 Å². The topological polar surface area (TPSA) is 81.0 Å². The van der Waals surface area contributed by atoms with Gasteiger partial charge in [0, 0.05) is 6.42 Å². The van der Waals surface area contributed by atoms with Crippen LogP contribution in [0.15, 0.2) is 53.3 Å². The van der Waals surface area contributed by atoms with Crippen molar-refractivity contribution in [3.05, 3.63) is 60.4 Å². The quantitative estimate of drug-likeness (QED) is 0.732. The van der Waals surface area contributed by atoms with Crippen LogP contribution >= 0.6 is 0 Å². The van der Waals surface area contributed by atoms with Crippen molar-refractivity contribution in [2.75, 3.05) is 0 Å². The first-order valence-corrected chi connectivity index (χ1v) is 6.93. The Morgan fingerprint density at radius 2 is 2.17 bits per heavy atom. The Morgan fingerprint density at radius 3 is 2.74 bits per heavy atom. The van der Waals surface area contributed by atoms with E-state index in [1.807, 2.05) is 6.07 Å². The predicted molar refractivity (Wildman–Crippen MR) is 80.8 cm³/mol. The van der Waals surface area contributed by atoms with Crippen molar-refractivity contribution < 1.29 is 18.3 Å². The molecule has 0 saturated carbocycles. The first kappa shape index (κ1) is 16.4. The zero-order chi connectivity index (χ0) is 16.5. The Kier molecular flexibility index (Phi) is 6.05. The summed E-state index contributed by atoms with van der Waals surface area (Å²) in [5.74, 6) is 0.310. The number of aromatic nitrogens is 3. The molecule has 6 nitrogen and oxygen atoms in total. The number of nitrogens with zero attached hydrogens (tertiary/aromatic N) is 2. The summed E-state index contributed by atoms with van der Waals surface area (Å²) in [6.07, 6.45) is 3.41. The number of H-pyrrole nitrogens is 1. The van der Waals surface area contributed by atoms with Crippen LogP contribution in [0.1, 0.15) is 12.6 Å². The summed E-state index contributed by atoms with van der Waals surface area (Å²) >= 11 is 0. The number of carbonyl (C=O) groups excluding carboxylic acids is 1. The fourth-order valence-electron chi connectivity index (χ4n) is 1.79. The lowest BCUT2D eigenvalue weighted by Gasteiger charge is -2.05. The van der Waals surface area contributed by atoms with Gasteiger partial charge in [0.25, 0.3) is 6.47 Å². The zero-order valence-electron chi connectivity index (χ0n) is 12.5. The van der Waals surface area contributed by atoms with Crippen LogP contribution in [0, 0.1) is 5.82 Å². The minimum absolute atomic E-state index is 0.178. The number of carbonyl (C=O) groups is 1. The third-order valence-electron chi connectivity index (χ3n) is 2.81. The van der Waals surface area contributed by atoms with Gasteiger partial charge in [-0.05, 0) is 25.1 Å². The zero-order valence-corrected chi connectivity index (χ0v) is 12.5. The third kappa shape index (κ3) is 5.39. The lowest BCUT2D eigenvalue weighted by atomic mass is 10.2. The van der Waals surface area contributed by atoms with Crippen LogP contribution in [0.25, 0.3) is 11.6 Å². The molecule has 0 aliphatic rings. The molecule has 1 atom stereocenters. The highest BCUT2D eigenvalue weighted by Crippen LogP contribution is 2.15. The summed E-state index contributed by atoms with van der Waals surface area (Å²) in [7, 11) is 0. The van der Waals surface area contributed by atoms with Crippen LogP contribution in [0.2, 0.25) is 0 Å². The first-order valence-electron chi connectivity index (χ1n) is 6.93. The van der Waals surface area contributed by atoms with Gasteiger partial charge in [0.2, 0.25) is 5.89 Å². The summed E-state index contributed by atoms with van der Waals surface area (Å²) in [5, 5.41) is 6.88. The number of hydrogen-bond donors (Lipinski definition) is 1. The normalized spacial score (nSPS) is 11.2. The van der Waals surface area contributed by atoms with E-state index in [9.17, 15) is 9.18 Å². The van der Waals surface area contributed by atoms with Gasteiger partial charge in [-0.2, -0.15) is 5.10 Å². The Morgan fingerprint density at radius 1 is 1.39 bits per heavy atom. The van der Waals surface area contributed by atoms with Gasteiger partial charge in [0.05, 0.1) is 11.9 Å². The molecule has 0 spiro atoms. The number of aromatic amines is 1. The molecule has 0 amide bonds. The van der Waals surface area contributed by atoms with Gasteiger partial charge in [-0.25, -0.2) is 9.37 Å². The number of benzene rings is 1. The van der Waals surface area contributed by atoms with Gasteiger partial charge in [0.1, 0.15) is 23.9 Å².